The highest BCUT2D eigenvalue weighted by Gasteiger charge is 2.07. The number of nitrogens with zero attached hydrogens (tertiary/aromatic N) is 4. The average Bonchev–Trinajstić information content (AvgIpc) is 2.46. The SMILES string of the molecule is CCN(Cc1ccncc1)c1ncc(CCl)cn1. The maximum Gasteiger partial charge on any atom is 0.225 e. The van der Waals surface area contributed by atoms with Crippen molar-refractivity contribution >= 4 is 17.5 Å². The van der Waals surface area contributed by atoms with Gasteiger partial charge < -0.3 is 4.90 Å². The van der Waals surface area contributed by atoms with Crippen LogP contribution in [0.25, 0.3) is 0 Å². The maximum absolute atomic E-state index is 5.72. The summed E-state index contributed by atoms with van der Waals surface area (Å²) in [5, 5.41) is 0. The minimum absolute atomic E-state index is 0.441. The summed E-state index contributed by atoms with van der Waals surface area (Å²) in [4.78, 5) is 14.8. The van der Waals surface area contributed by atoms with Crippen molar-refractivity contribution in [1.82, 2.24) is 15.0 Å². The van der Waals surface area contributed by atoms with Gasteiger partial charge in [0.25, 0.3) is 0 Å². The summed E-state index contributed by atoms with van der Waals surface area (Å²) in [5.41, 5.74) is 2.12. The summed E-state index contributed by atoms with van der Waals surface area (Å²) in [6, 6.07) is 3.99. The molecular weight excluding hydrogens is 248 g/mol. The van der Waals surface area contributed by atoms with E-state index in [-0.39, 0.29) is 0 Å². The lowest BCUT2D eigenvalue weighted by Crippen LogP contribution is -2.24. The Balaban J connectivity index is 2.12. The van der Waals surface area contributed by atoms with Gasteiger partial charge >= 0.3 is 0 Å². The number of rotatable bonds is 5. The fraction of sp³-hybridized carbons (Fsp3) is 0.308. The number of pyridine rings is 1. The van der Waals surface area contributed by atoms with Gasteiger partial charge in [0.2, 0.25) is 5.95 Å². The molecule has 0 radical (unpaired) electrons. The number of halogens is 1. The number of hydrogen-bond acceptors (Lipinski definition) is 4. The molecule has 2 heterocycles. The second kappa shape index (κ2) is 6.31. The van der Waals surface area contributed by atoms with Crippen molar-refractivity contribution in [2.24, 2.45) is 0 Å². The molecule has 0 atom stereocenters. The lowest BCUT2D eigenvalue weighted by molar-refractivity contribution is 0.788. The Bertz CT molecular complexity index is 472. The molecule has 0 saturated heterocycles. The monoisotopic (exact) mass is 262 g/mol. The molecule has 2 aromatic heterocycles. The van der Waals surface area contributed by atoms with Crippen molar-refractivity contribution in [3.05, 3.63) is 48.0 Å². The summed E-state index contributed by atoms with van der Waals surface area (Å²) < 4.78 is 0. The quantitative estimate of drug-likeness (QED) is 0.777. The number of anilines is 1. The largest absolute Gasteiger partial charge is 0.337 e. The maximum atomic E-state index is 5.72. The van der Waals surface area contributed by atoms with Gasteiger partial charge in [0.15, 0.2) is 0 Å². The molecule has 2 aromatic rings. The van der Waals surface area contributed by atoms with E-state index in [9.17, 15) is 0 Å². The highest BCUT2D eigenvalue weighted by molar-refractivity contribution is 6.17. The van der Waals surface area contributed by atoms with Gasteiger partial charge in [0, 0.05) is 43.4 Å². The van der Waals surface area contributed by atoms with E-state index < -0.39 is 0 Å². The van der Waals surface area contributed by atoms with E-state index in [1.165, 1.54) is 5.56 Å². The third-order valence-electron chi connectivity index (χ3n) is 2.63. The number of alkyl halides is 1. The van der Waals surface area contributed by atoms with Crippen LogP contribution in [0.1, 0.15) is 18.1 Å². The summed E-state index contributed by atoms with van der Waals surface area (Å²) in [6.07, 6.45) is 7.12. The molecule has 0 bridgehead atoms. The number of hydrogen-bond donors (Lipinski definition) is 0. The van der Waals surface area contributed by atoms with Crippen LogP contribution in [0.2, 0.25) is 0 Å². The molecule has 18 heavy (non-hydrogen) atoms. The molecule has 0 N–H and O–H groups in total. The molecule has 0 fully saturated rings. The summed E-state index contributed by atoms with van der Waals surface area (Å²) in [6.45, 7) is 3.71. The predicted molar refractivity (Wildman–Crippen MR) is 72.6 cm³/mol. The molecule has 5 heteroatoms. The van der Waals surface area contributed by atoms with Gasteiger partial charge in [-0.05, 0) is 24.6 Å². The Labute approximate surface area is 112 Å². The van der Waals surface area contributed by atoms with E-state index in [0.717, 1.165) is 24.6 Å². The standard InChI is InChI=1S/C13H15ClN4/c1-2-18(10-11-3-5-15-6-4-11)13-16-8-12(7-14)9-17-13/h3-6,8-9H,2,7,10H2,1H3. The topological polar surface area (TPSA) is 41.9 Å². The van der Waals surface area contributed by atoms with Crippen LogP contribution < -0.4 is 4.90 Å². The molecule has 2 rings (SSSR count). The van der Waals surface area contributed by atoms with Crippen molar-refractivity contribution in [2.75, 3.05) is 11.4 Å². The van der Waals surface area contributed by atoms with Gasteiger partial charge in [-0.15, -0.1) is 11.6 Å². The highest BCUT2D eigenvalue weighted by Crippen LogP contribution is 2.12. The van der Waals surface area contributed by atoms with Crippen molar-refractivity contribution in [3.8, 4) is 0 Å². The first-order valence-electron chi connectivity index (χ1n) is 5.84. The van der Waals surface area contributed by atoms with E-state index in [2.05, 4.69) is 26.8 Å². The molecular formula is C13H15ClN4. The highest BCUT2D eigenvalue weighted by atomic mass is 35.5. The van der Waals surface area contributed by atoms with Crippen LogP contribution in [-0.2, 0) is 12.4 Å². The lowest BCUT2D eigenvalue weighted by Gasteiger charge is -2.20. The minimum Gasteiger partial charge on any atom is -0.337 e. The van der Waals surface area contributed by atoms with E-state index in [1.54, 1.807) is 24.8 Å². The van der Waals surface area contributed by atoms with Gasteiger partial charge in [-0.1, -0.05) is 0 Å². The van der Waals surface area contributed by atoms with Crippen LogP contribution in [0.3, 0.4) is 0 Å². The first-order valence-corrected chi connectivity index (χ1v) is 6.37. The van der Waals surface area contributed by atoms with Gasteiger partial charge in [-0.3, -0.25) is 4.98 Å². The molecule has 94 valence electrons. The fourth-order valence-corrected chi connectivity index (χ4v) is 1.75. The lowest BCUT2D eigenvalue weighted by atomic mass is 10.2. The summed E-state index contributed by atoms with van der Waals surface area (Å²) in [7, 11) is 0. The normalized spacial score (nSPS) is 10.3. The summed E-state index contributed by atoms with van der Waals surface area (Å²) in [5.74, 6) is 1.17. The van der Waals surface area contributed by atoms with E-state index in [1.807, 2.05) is 12.1 Å². The van der Waals surface area contributed by atoms with Crippen LogP contribution in [0.5, 0.6) is 0 Å². The fourth-order valence-electron chi connectivity index (χ4n) is 1.61. The van der Waals surface area contributed by atoms with Crippen molar-refractivity contribution < 1.29 is 0 Å². The molecule has 0 amide bonds. The van der Waals surface area contributed by atoms with Crippen molar-refractivity contribution in [3.63, 3.8) is 0 Å². The molecule has 0 aliphatic rings. The van der Waals surface area contributed by atoms with Crippen molar-refractivity contribution in [1.29, 1.82) is 0 Å². The van der Waals surface area contributed by atoms with Gasteiger partial charge in [0.1, 0.15) is 0 Å². The molecule has 0 aromatic carbocycles. The van der Waals surface area contributed by atoms with Crippen LogP contribution in [-0.4, -0.2) is 21.5 Å². The molecule has 0 unspecified atom stereocenters. The molecule has 0 aliphatic heterocycles. The van der Waals surface area contributed by atoms with E-state index in [4.69, 9.17) is 11.6 Å². The molecule has 4 nitrogen and oxygen atoms in total. The average molecular weight is 263 g/mol. The van der Waals surface area contributed by atoms with Crippen LogP contribution in [0.4, 0.5) is 5.95 Å². The summed E-state index contributed by atoms with van der Waals surface area (Å²) >= 11 is 5.72. The zero-order valence-corrected chi connectivity index (χ0v) is 11.0. The van der Waals surface area contributed by atoms with Gasteiger partial charge in [0.05, 0.1) is 5.88 Å². The Morgan fingerprint density at radius 1 is 1.11 bits per heavy atom. The third kappa shape index (κ3) is 3.17. The smallest absolute Gasteiger partial charge is 0.225 e. The first-order chi connectivity index (χ1) is 8.83. The number of aromatic nitrogens is 3. The first kappa shape index (κ1) is 12.8. The predicted octanol–water partition coefficient (Wildman–Crippen LogP) is 2.64. The molecule has 0 aliphatic carbocycles. The van der Waals surface area contributed by atoms with Crippen molar-refractivity contribution in [2.45, 2.75) is 19.3 Å². The van der Waals surface area contributed by atoms with E-state index in [0.29, 0.717) is 5.88 Å². The Hall–Kier alpha value is -1.68. The van der Waals surface area contributed by atoms with Gasteiger partial charge in [-0.2, -0.15) is 0 Å². The van der Waals surface area contributed by atoms with Crippen LogP contribution in [0.15, 0.2) is 36.9 Å². The van der Waals surface area contributed by atoms with Gasteiger partial charge in [-0.25, -0.2) is 9.97 Å². The van der Waals surface area contributed by atoms with Crippen LogP contribution in [0, 0.1) is 0 Å². The minimum atomic E-state index is 0.441. The van der Waals surface area contributed by atoms with Crippen LogP contribution >= 0.6 is 11.6 Å². The third-order valence-corrected chi connectivity index (χ3v) is 2.94. The Kier molecular flexibility index (Phi) is 4.47. The Morgan fingerprint density at radius 2 is 1.78 bits per heavy atom. The zero-order valence-electron chi connectivity index (χ0n) is 10.3. The Morgan fingerprint density at radius 3 is 2.33 bits per heavy atom. The second-order valence-corrected chi connectivity index (χ2v) is 4.16. The van der Waals surface area contributed by atoms with E-state index >= 15 is 0 Å². The molecule has 0 spiro atoms. The zero-order chi connectivity index (χ0) is 12.8. The second-order valence-electron chi connectivity index (χ2n) is 3.89. The molecule has 0 saturated carbocycles.